The number of carbonyl (C=O) groups excluding carboxylic acids is 1. The molecule has 1 amide bonds. The summed E-state index contributed by atoms with van der Waals surface area (Å²) in [5, 5.41) is 2.65. The molecule has 0 atom stereocenters. The third-order valence-corrected chi connectivity index (χ3v) is 1.81. The summed E-state index contributed by atoms with van der Waals surface area (Å²) in [5.41, 5.74) is 14.8. The van der Waals surface area contributed by atoms with E-state index in [0.29, 0.717) is 30.8 Å². The molecule has 0 unspecified atom stereocenters. The number of nitrogens with zero attached hydrogens (tertiary/aromatic N) is 2. The van der Waals surface area contributed by atoms with Crippen molar-refractivity contribution in [2.24, 2.45) is 5.73 Å². The number of hydrogen-bond acceptors (Lipinski definition) is 2. The minimum Gasteiger partial charge on any atom is -0.361 e. The van der Waals surface area contributed by atoms with Crippen molar-refractivity contribution in [3.05, 3.63) is 29.3 Å². The first kappa shape index (κ1) is 10.4. The molecule has 1 rings (SSSR count). The topological polar surface area (TPSA) is 91.5 Å². The van der Waals surface area contributed by atoms with Crippen LogP contribution in [0.4, 0.5) is 0 Å². The second-order valence-corrected chi connectivity index (χ2v) is 2.83. The van der Waals surface area contributed by atoms with Gasteiger partial charge < -0.3 is 16.6 Å². The van der Waals surface area contributed by atoms with Crippen molar-refractivity contribution in [2.45, 2.75) is 6.42 Å². The number of hydrogen-bond donors (Lipinski definition) is 2. The minimum atomic E-state index is -0.149. The lowest BCUT2D eigenvalue weighted by molar-refractivity contribution is -0.117. The first-order valence-corrected chi connectivity index (χ1v) is 4.35. The van der Waals surface area contributed by atoms with Crippen LogP contribution in [0.1, 0.15) is 6.42 Å². The van der Waals surface area contributed by atoms with Crippen LogP contribution in [0.15, 0.2) is 23.8 Å². The Balaban J connectivity index is 2.56. The van der Waals surface area contributed by atoms with E-state index in [1.54, 1.807) is 18.2 Å². The fourth-order valence-electron chi connectivity index (χ4n) is 1.07. The molecular weight excluding hydrogens is 180 g/mol. The number of amides is 1. The van der Waals surface area contributed by atoms with Crippen LogP contribution in [0.2, 0.25) is 0 Å². The predicted molar refractivity (Wildman–Crippen MR) is 52.5 cm³/mol. The van der Waals surface area contributed by atoms with Gasteiger partial charge in [0.1, 0.15) is 0 Å². The Kier molecular flexibility index (Phi) is 3.79. The van der Waals surface area contributed by atoms with Crippen molar-refractivity contribution in [1.82, 2.24) is 5.32 Å². The summed E-state index contributed by atoms with van der Waals surface area (Å²) in [6.45, 7) is 0.886. The first-order chi connectivity index (χ1) is 6.77. The predicted octanol–water partition coefficient (Wildman–Crippen LogP) is -0.382. The molecule has 74 valence electrons. The van der Waals surface area contributed by atoms with Crippen LogP contribution >= 0.6 is 0 Å². The van der Waals surface area contributed by atoms with E-state index < -0.39 is 0 Å². The summed E-state index contributed by atoms with van der Waals surface area (Å²) in [7, 11) is 0. The third-order valence-electron chi connectivity index (χ3n) is 1.81. The van der Waals surface area contributed by atoms with Gasteiger partial charge in [-0.05, 0) is 6.08 Å². The van der Waals surface area contributed by atoms with Gasteiger partial charge in [-0.3, -0.25) is 4.79 Å². The Morgan fingerprint density at radius 2 is 2.43 bits per heavy atom. The molecule has 5 nitrogen and oxygen atoms in total. The van der Waals surface area contributed by atoms with Crippen molar-refractivity contribution in [1.29, 1.82) is 0 Å². The number of nitrogens with two attached hydrogens (primary N) is 1. The van der Waals surface area contributed by atoms with Gasteiger partial charge in [-0.15, -0.1) is 0 Å². The van der Waals surface area contributed by atoms with Gasteiger partial charge in [-0.25, -0.2) is 0 Å². The zero-order valence-corrected chi connectivity index (χ0v) is 7.73. The highest BCUT2D eigenvalue weighted by atomic mass is 16.1. The second kappa shape index (κ2) is 5.11. The third kappa shape index (κ3) is 2.65. The summed E-state index contributed by atoms with van der Waals surface area (Å²) in [4.78, 5) is 14.4. The van der Waals surface area contributed by atoms with E-state index in [0.717, 1.165) is 0 Å². The van der Waals surface area contributed by atoms with Crippen LogP contribution in [-0.2, 0) is 4.79 Å². The van der Waals surface area contributed by atoms with Gasteiger partial charge in [0, 0.05) is 24.7 Å². The molecule has 0 saturated heterocycles. The maximum absolute atomic E-state index is 11.4. The molecule has 0 aliphatic heterocycles. The smallest absolute Gasteiger partial charge is 0.295 e. The van der Waals surface area contributed by atoms with Gasteiger partial charge in [0.15, 0.2) is 0 Å². The molecule has 0 aromatic rings. The van der Waals surface area contributed by atoms with Crippen molar-refractivity contribution in [3.63, 3.8) is 0 Å². The largest absolute Gasteiger partial charge is 0.361 e. The average molecular weight is 192 g/mol. The van der Waals surface area contributed by atoms with Crippen molar-refractivity contribution < 1.29 is 9.58 Å². The quantitative estimate of drug-likeness (QED) is 0.471. The lowest BCUT2D eigenvalue weighted by Crippen LogP contribution is -2.30. The van der Waals surface area contributed by atoms with Crippen LogP contribution in [0.3, 0.4) is 0 Å². The van der Waals surface area contributed by atoms with Crippen molar-refractivity contribution in [2.75, 3.05) is 13.1 Å². The molecule has 0 saturated carbocycles. The van der Waals surface area contributed by atoms with Gasteiger partial charge in [0.05, 0.1) is 6.42 Å². The summed E-state index contributed by atoms with van der Waals surface area (Å²) in [5.74, 6) is -0.149. The summed E-state index contributed by atoms with van der Waals surface area (Å²) in [6, 6.07) is 0. The van der Waals surface area contributed by atoms with E-state index in [2.05, 4.69) is 10.1 Å². The number of carbonyl (C=O) groups is 1. The van der Waals surface area contributed by atoms with Gasteiger partial charge in [0.25, 0.3) is 11.6 Å². The van der Waals surface area contributed by atoms with Crippen LogP contribution in [-0.4, -0.2) is 29.5 Å². The molecule has 0 aromatic heterocycles. The van der Waals surface area contributed by atoms with E-state index in [4.69, 9.17) is 11.3 Å². The first-order valence-electron chi connectivity index (χ1n) is 4.35. The lowest BCUT2D eigenvalue weighted by atomic mass is 10.1. The molecule has 1 aliphatic rings. The van der Waals surface area contributed by atoms with Gasteiger partial charge in [0.2, 0.25) is 0 Å². The molecule has 0 heterocycles. The van der Waals surface area contributed by atoms with Crippen LogP contribution < -0.4 is 11.1 Å². The number of rotatable bonds is 3. The van der Waals surface area contributed by atoms with Crippen molar-refractivity contribution in [3.8, 4) is 0 Å². The fourth-order valence-corrected chi connectivity index (χ4v) is 1.07. The molecule has 0 fully saturated rings. The Bertz CT molecular complexity index is 337. The summed E-state index contributed by atoms with van der Waals surface area (Å²) in [6.07, 6.45) is 5.40. The van der Waals surface area contributed by atoms with Gasteiger partial charge in [-0.1, -0.05) is 6.08 Å². The number of allylic oxidation sites excluding steroid dienone is 2. The van der Waals surface area contributed by atoms with E-state index in [9.17, 15) is 4.79 Å². The molecule has 1 aliphatic carbocycles. The second-order valence-electron chi connectivity index (χ2n) is 2.83. The summed E-state index contributed by atoms with van der Waals surface area (Å²) >= 11 is 0. The van der Waals surface area contributed by atoms with Crippen molar-refractivity contribution >= 4 is 11.6 Å². The average Bonchev–Trinajstić information content (AvgIpc) is 2.26. The Morgan fingerprint density at radius 1 is 1.64 bits per heavy atom. The van der Waals surface area contributed by atoms with E-state index in [-0.39, 0.29) is 5.91 Å². The maximum atomic E-state index is 11.4. The Morgan fingerprint density at radius 3 is 2.93 bits per heavy atom. The molecule has 0 aromatic carbocycles. The van der Waals surface area contributed by atoms with Gasteiger partial charge >= 0.3 is 0 Å². The van der Waals surface area contributed by atoms with E-state index >= 15 is 0 Å². The zero-order valence-electron chi connectivity index (χ0n) is 7.73. The fraction of sp³-hybridized carbons (Fsp3) is 0.333. The lowest BCUT2D eigenvalue weighted by Gasteiger charge is -2.05. The molecular formula is C9H12N4O. The summed E-state index contributed by atoms with van der Waals surface area (Å²) < 4.78 is 0. The normalized spacial score (nSPS) is 14.6. The van der Waals surface area contributed by atoms with Crippen LogP contribution in [0.25, 0.3) is 5.53 Å². The molecule has 14 heavy (non-hydrogen) atoms. The molecule has 0 spiro atoms. The molecule has 5 heteroatoms. The molecule has 0 radical (unpaired) electrons. The Labute approximate surface area is 81.9 Å². The zero-order chi connectivity index (χ0) is 10.4. The molecule has 0 bridgehead atoms. The van der Waals surface area contributed by atoms with Crippen LogP contribution in [0, 0.1) is 0 Å². The minimum absolute atomic E-state index is 0.149. The van der Waals surface area contributed by atoms with E-state index in [1.807, 2.05) is 0 Å². The standard InChI is InChI=1S/C9H12N4O/c10-5-6-12-9(14)7-1-3-8(13-11)4-2-7/h1-3H,4-6,10H2,(H,12,14). The monoisotopic (exact) mass is 192 g/mol. The maximum Gasteiger partial charge on any atom is 0.295 e. The number of nitrogens with one attached hydrogen (secondary N) is 1. The molecule has 3 N–H and O–H groups in total. The Hall–Kier alpha value is -1.71. The SMILES string of the molecule is [N-]=[N+]=C1C=CC(C(=O)NCCN)=CC1. The highest BCUT2D eigenvalue weighted by Crippen LogP contribution is 2.06. The van der Waals surface area contributed by atoms with Gasteiger partial charge in [-0.2, -0.15) is 4.79 Å². The van der Waals surface area contributed by atoms with E-state index in [1.165, 1.54) is 0 Å². The highest BCUT2D eigenvalue weighted by Gasteiger charge is 2.12. The van der Waals surface area contributed by atoms with Crippen LogP contribution in [0.5, 0.6) is 0 Å². The highest BCUT2D eigenvalue weighted by molar-refractivity contribution is 6.02.